The van der Waals surface area contributed by atoms with Crippen LogP contribution in [0, 0.1) is 27.6 Å². The molecule has 3 saturated heterocycles. The van der Waals surface area contributed by atoms with E-state index in [-0.39, 0.29) is 0 Å². The Labute approximate surface area is 142 Å². The number of rotatable bonds is 2. The lowest BCUT2D eigenvalue weighted by Gasteiger charge is -2.68. The minimum absolute atomic E-state index is 0.778. The average molecular weight is 314 g/mol. The summed E-state index contributed by atoms with van der Waals surface area (Å²) in [7, 11) is 0. The lowest BCUT2D eigenvalue weighted by molar-refractivity contribution is -0.176. The molecule has 8 rings (SSSR count). The van der Waals surface area contributed by atoms with Gasteiger partial charge in [-0.2, -0.15) is 0 Å². The van der Waals surface area contributed by atoms with E-state index in [2.05, 4.69) is 4.90 Å². The molecular formula is C22H35N. The van der Waals surface area contributed by atoms with Crippen molar-refractivity contribution in [2.75, 3.05) is 19.6 Å². The highest BCUT2D eigenvalue weighted by molar-refractivity contribution is 5.16. The van der Waals surface area contributed by atoms with Crippen molar-refractivity contribution in [2.45, 2.75) is 89.9 Å². The second-order valence-electron chi connectivity index (χ2n) is 10.9. The zero-order valence-corrected chi connectivity index (χ0v) is 15.0. The summed E-state index contributed by atoms with van der Waals surface area (Å²) in [6, 6.07) is 0. The molecule has 23 heavy (non-hydrogen) atoms. The second-order valence-corrected chi connectivity index (χ2v) is 10.9. The van der Waals surface area contributed by atoms with Gasteiger partial charge in [0, 0.05) is 0 Å². The minimum Gasteiger partial charge on any atom is -0.303 e. The summed E-state index contributed by atoms with van der Waals surface area (Å²) in [4.78, 5) is 2.74. The highest BCUT2D eigenvalue weighted by Crippen LogP contribution is 2.75. The predicted molar refractivity (Wildman–Crippen MR) is 94.3 cm³/mol. The van der Waals surface area contributed by atoms with Gasteiger partial charge >= 0.3 is 0 Å². The molecule has 0 aromatic heterocycles. The van der Waals surface area contributed by atoms with Gasteiger partial charge in [0.2, 0.25) is 0 Å². The fraction of sp³-hybridized carbons (Fsp3) is 1.00. The lowest BCUT2D eigenvalue weighted by Crippen LogP contribution is -2.61. The maximum absolute atomic E-state index is 2.74. The van der Waals surface area contributed by atoms with E-state index in [4.69, 9.17) is 0 Å². The van der Waals surface area contributed by atoms with Gasteiger partial charge in [0.1, 0.15) is 0 Å². The Morgan fingerprint density at radius 3 is 1.35 bits per heavy atom. The second kappa shape index (κ2) is 4.37. The Bertz CT molecular complexity index is 466. The maximum Gasteiger partial charge on any atom is -0.00132 e. The molecule has 5 saturated carbocycles. The van der Waals surface area contributed by atoms with Crippen LogP contribution in [0.5, 0.6) is 0 Å². The quantitative estimate of drug-likeness (QED) is 0.660. The molecule has 0 aromatic carbocycles. The first-order valence-corrected chi connectivity index (χ1v) is 10.9. The first-order valence-electron chi connectivity index (χ1n) is 10.9. The third-order valence-corrected chi connectivity index (χ3v) is 11.0. The van der Waals surface area contributed by atoms with Crippen molar-refractivity contribution in [1.82, 2.24) is 4.90 Å². The van der Waals surface area contributed by atoms with E-state index in [0.29, 0.717) is 0 Å². The van der Waals surface area contributed by atoms with Gasteiger partial charge in [-0.15, -0.1) is 0 Å². The van der Waals surface area contributed by atoms with Gasteiger partial charge in [-0.3, -0.25) is 0 Å². The van der Waals surface area contributed by atoms with Crippen molar-refractivity contribution in [2.24, 2.45) is 27.6 Å². The molecule has 128 valence electrons. The fourth-order valence-electron chi connectivity index (χ4n) is 9.34. The Morgan fingerprint density at radius 1 is 0.478 bits per heavy atom. The van der Waals surface area contributed by atoms with Gasteiger partial charge in [0.05, 0.1) is 0 Å². The van der Waals surface area contributed by atoms with Gasteiger partial charge in [-0.25, -0.2) is 0 Å². The molecule has 1 heteroatoms. The molecule has 6 bridgehead atoms. The largest absolute Gasteiger partial charge is 0.303 e. The third-order valence-electron chi connectivity index (χ3n) is 11.0. The van der Waals surface area contributed by atoms with Crippen LogP contribution in [0.15, 0.2) is 0 Å². The molecule has 0 spiro atoms. The van der Waals surface area contributed by atoms with Crippen LogP contribution >= 0.6 is 0 Å². The van der Waals surface area contributed by atoms with Crippen molar-refractivity contribution in [3.63, 3.8) is 0 Å². The standard InChI is InChI=1S/C22H35N/c1-3-22(4-2-18(1)17-22)20-8-5-19(6-9-20,7-10-20)21-11-14-23(15-12-21)16-13-21/h18H,1-17H2. The molecule has 0 atom stereocenters. The smallest absolute Gasteiger partial charge is 0.00132 e. The Hall–Kier alpha value is -0.0400. The Morgan fingerprint density at radius 2 is 0.913 bits per heavy atom. The molecular weight excluding hydrogens is 278 g/mol. The van der Waals surface area contributed by atoms with Crippen LogP contribution in [0.1, 0.15) is 89.9 Å². The topological polar surface area (TPSA) is 3.24 Å². The molecule has 0 N–H and O–H groups in total. The van der Waals surface area contributed by atoms with Crippen molar-refractivity contribution < 1.29 is 0 Å². The molecule has 0 unspecified atom stereocenters. The first kappa shape index (κ1) is 14.2. The average Bonchev–Trinajstić information content (AvgIpc) is 3.28. The number of piperidine rings is 3. The van der Waals surface area contributed by atoms with Gasteiger partial charge in [-0.05, 0) is 137 Å². The molecule has 0 amide bonds. The van der Waals surface area contributed by atoms with E-state index in [1.165, 1.54) is 19.6 Å². The summed E-state index contributed by atoms with van der Waals surface area (Å²) in [5.74, 6) is 1.14. The molecule has 3 heterocycles. The van der Waals surface area contributed by atoms with Crippen LogP contribution in [0.2, 0.25) is 0 Å². The maximum atomic E-state index is 2.74. The molecule has 8 aliphatic rings. The van der Waals surface area contributed by atoms with Gasteiger partial charge in [-0.1, -0.05) is 0 Å². The SMILES string of the molecule is C1CC2(C34CCC(C56CCN(CC5)CC6)(CC3)CC4)CCC1C2. The lowest BCUT2D eigenvalue weighted by atomic mass is 9.39. The van der Waals surface area contributed by atoms with E-state index in [9.17, 15) is 0 Å². The molecule has 5 aliphatic carbocycles. The van der Waals surface area contributed by atoms with E-state index in [1.807, 2.05) is 0 Å². The first-order chi connectivity index (χ1) is 11.2. The van der Waals surface area contributed by atoms with Gasteiger partial charge in [0.25, 0.3) is 0 Å². The summed E-state index contributed by atoms with van der Waals surface area (Å²) in [6.45, 7) is 4.29. The number of hydrogen-bond acceptors (Lipinski definition) is 1. The molecule has 0 radical (unpaired) electrons. The van der Waals surface area contributed by atoms with Crippen LogP contribution in [-0.4, -0.2) is 24.5 Å². The predicted octanol–water partition coefficient (Wildman–Crippen LogP) is 5.39. The van der Waals surface area contributed by atoms with E-state index in [0.717, 1.165) is 27.6 Å². The Balaban J connectivity index is 1.29. The van der Waals surface area contributed by atoms with E-state index in [1.54, 1.807) is 89.9 Å². The van der Waals surface area contributed by atoms with E-state index >= 15 is 0 Å². The van der Waals surface area contributed by atoms with Crippen molar-refractivity contribution >= 4 is 0 Å². The fourth-order valence-corrected chi connectivity index (χ4v) is 9.34. The number of fused-ring (bicyclic) bond motifs is 8. The molecule has 0 aromatic rings. The zero-order valence-electron chi connectivity index (χ0n) is 15.0. The zero-order chi connectivity index (χ0) is 15.2. The summed E-state index contributed by atoms with van der Waals surface area (Å²) in [6.07, 6.45) is 22.5. The highest BCUT2D eigenvalue weighted by Gasteiger charge is 2.65. The summed E-state index contributed by atoms with van der Waals surface area (Å²) in [5.41, 5.74) is 3.21. The van der Waals surface area contributed by atoms with Crippen molar-refractivity contribution in [3.8, 4) is 0 Å². The Kier molecular flexibility index (Phi) is 2.69. The van der Waals surface area contributed by atoms with Gasteiger partial charge in [0.15, 0.2) is 0 Å². The monoisotopic (exact) mass is 313 g/mol. The van der Waals surface area contributed by atoms with Gasteiger partial charge < -0.3 is 4.90 Å². The summed E-state index contributed by atoms with van der Waals surface area (Å²) < 4.78 is 0. The van der Waals surface area contributed by atoms with Crippen LogP contribution in [0.4, 0.5) is 0 Å². The molecule has 8 fully saturated rings. The molecule has 1 nitrogen and oxygen atoms in total. The van der Waals surface area contributed by atoms with Crippen LogP contribution in [0.3, 0.4) is 0 Å². The summed E-state index contributed by atoms with van der Waals surface area (Å²) >= 11 is 0. The van der Waals surface area contributed by atoms with Crippen molar-refractivity contribution in [1.29, 1.82) is 0 Å². The third kappa shape index (κ3) is 1.60. The normalized spacial score (nSPS) is 60.5. The number of hydrogen-bond donors (Lipinski definition) is 0. The van der Waals surface area contributed by atoms with Crippen molar-refractivity contribution in [3.05, 3.63) is 0 Å². The number of nitrogens with zero attached hydrogens (tertiary/aromatic N) is 1. The van der Waals surface area contributed by atoms with E-state index < -0.39 is 0 Å². The molecule has 3 aliphatic heterocycles. The van der Waals surface area contributed by atoms with Crippen LogP contribution < -0.4 is 0 Å². The highest BCUT2D eigenvalue weighted by atomic mass is 15.1. The van der Waals surface area contributed by atoms with Crippen LogP contribution in [-0.2, 0) is 0 Å². The summed E-state index contributed by atoms with van der Waals surface area (Å²) in [5, 5.41) is 0. The minimum atomic E-state index is 0.778. The van der Waals surface area contributed by atoms with Crippen LogP contribution in [0.25, 0.3) is 0 Å².